The Bertz CT molecular complexity index is 2230. The number of allylic oxidation sites excluding steroid dienone is 1. The highest BCUT2D eigenvalue weighted by Crippen LogP contribution is 2.35. The maximum absolute atomic E-state index is 5.55. The molecule has 0 fully saturated rings. The molecule has 214 valence electrons. The van der Waals surface area contributed by atoms with Crippen LogP contribution in [0.15, 0.2) is 152 Å². The largest absolute Gasteiger partial charge is 0.328 e. The highest BCUT2D eigenvalue weighted by atomic mass is 15.2. The molecule has 5 aromatic carbocycles. The monoisotopic (exact) mass is 571 g/mol. The van der Waals surface area contributed by atoms with Gasteiger partial charge in [0.2, 0.25) is 0 Å². The van der Waals surface area contributed by atoms with E-state index in [1.807, 2.05) is 48.5 Å². The summed E-state index contributed by atoms with van der Waals surface area (Å²) in [4.78, 5) is 5.13. The van der Waals surface area contributed by atoms with Crippen molar-refractivity contribution >= 4 is 49.6 Å². The van der Waals surface area contributed by atoms with Crippen LogP contribution in [0.3, 0.4) is 0 Å². The fraction of sp³-hybridized carbons (Fsp3) is 0.0513. The Morgan fingerprint density at radius 2 is 1.25 bits per heavy atom. The lowest BCUT2D eigenvalue weighted by Gasteiger charge is -2.07. The molecule has 5 nitrogen and oxygen atoms in total. The Balaban J connectivity index is 0.000000159. The Morgan fingerprint density at radius 1 is 0.659 bits per heavy atom. The van der Waals surface area contributed by atoms with E-state index in [4.69, 9.17) is 10.8 Å². The molecule has 5 heteroatoms. The van der Waals surface area contributed by atoms with E-state index in [0.717, 1.165) is 40.0 Å². The average molecular weight is 572 g/mol. The predicted octanol–water partition coefficient (Wildman–Crippen LogP) is 8.56. The third kappa shape index (κ3) is 5.00. The molecule has 0 radical (unpaired) electrons. The van der Waals surface area contributed by atoms with Gasteiger partial charge in [-0.3, -0.25) is 5.84 Å². The summed E-state index contributed by atoms with van der Waals surface area (Å²) in [6, 6.07) is 50.3. The molecule has 0 saturated heterocycles. The number of nitrogens with zero attached hydrogens (tertiary/aromatic N) is 3. The van der Waals surface area contributed by atoms with Crippen LogP contribution in [0.4, 0.5) is 0 Å². The number of rotatable bonds is 5. The standard InChI is InChI=1S/C24H17N3.C15H16N2/c1-26-20-13-7-5-11-17(20)19-15-22-23(25-24(19)26)18-12-6-8-14-21(18)27(22)16-9-3-2-4-10-16;16-17-15(14-9-5-2-6-10-14)12-11-13-7-3-1-4-8-13/h2-15H,1H3;1-10,12,17H,11,16H2/b;15-12-. The lowest BCUT2D eigenvalue weighted by atomic mass is 10.1. The number of nitrogens with two attached hydrogens (primary N) is 1. The zero-order chi connectivity index (χ0) is 29.9. The van der Waals surface area contributed by atoms with E-state index in [1.54, 1.807) is 0 Å². The number of pyridine rings is 1. The van der Waals surface area contributed by atoms with Gasteiger partial charge in [-0.05, 0) is 47.9 Å². The molecular weight excluding hydrogens is 538 g/mol. The normalized spacial score (nSPS) is 11.6. The summed E-state index contributed by atoms with van der Waals surface area (Å²) in [5.41, 5.74) is 12.9. The van der Waals surface area contributed by atoms with Crippen LogP contribution in [-0.2, 0) is 13.5 Å². The van der Waals surface area contributed by atoms with Gasteiger partial charge >= 0.3 is 0 Å². The number of aromatic nitrogens is 3. The Kier molecular flexibility index (Phi) is 7.37. The topological polar surface area (TPSA) is 60.8 Å². The highest BCUT2D eigenvalue weighted by molar-refractivity contribution is 6.15. The van der Waals surface area contributed by atoms with E-state index in [9.17, 15) is 0 Å². The Hall–Kier alpha value is -5.65. The van der Waals surface area contributed by atoms with E-state index in [-0.39, 0.29) is 0 Å². The van der Waals surface area contributed by atoms with Crippen molar-refractivity contribution in [3.8, 4) is 5.69 Å². The SMILES string of the molecule is Cn1c2ccccc2c2cc3c(nc21)c1ccccc1n3-c1ccccc1.NN/C(=C\Cc1ccccc1)c1ccccc1. The zero-order valence-corrected chi connectivity index (χ0v) is 24.6. The van der Waals surface area contributed by atoms with E-state index >= 15 is 0 Å². The minimum atomic E-state index is 0.870. The number of benzene rings is 5. The lowest BCUT2D eigenvalue weighted by molar-refractivity contribution is 0.983. The summed E-state index contributed by atoms with van der Waals surface area (Å²) < 4.78 is 4.51. The van der Waals surface area contributed by atoms with Crippen LogP contribution in [0.5, 0.6) is 0 Å². The average Bonchev–Trinajstić information content (AvgIpc) is 3.57. The van der Waals surface area contributed by atoms with Gasteiger partial charge in [0.1, 0.15) is 5.65 Å². The smallest absolute Gasteiger partial charge is 0.141 e. The molecule has 44 heavy (non-hydrogen) atoms. The quantitative estimate of drug-likeness (QED) is 0.161. The molecule has 0 aliphatic carbocycles. The summed E-state index contributed by atoms with van der Waals surface area (Å²) >= 11 is 0. The van der Waals surface area contributed by atoms with Crippen LogP contribution in [0.1, 0.15) is 11.1 Å². The first-order valence-electron chi connectivity index (χ1n) is 14.8. The molecule has 3 heterocycles. The first-order valence-corrected chi connectivity index (χ1v) is 14.8. The minimum Gasteiger partial charge on any atom is -0.328 e. The number of fused-ring (bicyclic) bond motifs is 6. The van der Waals surface area contributed by atoms with Gasteiger partial charge in [0.05, 0.1) is 27.8 Å². The molecular formula is C39H33N5. The second-order valence-corrected chi connectivity index (χ2v) is 10.8. The molecule has 0 unspecified atom stereocenters. The number of hydrazine groups is 1. The lowest BCUT2D eigenvalue weighted by Crippen LogP contribution is -2.20. The van der Waals surface area contributed by atoms with Crippen molar-refractivity contribution in [2.45, 2.75) is 6.42 Å². The summed E-state index contributed by atoms with van der Waals surface area (Å²) in [6.07, 6.45) is 2.97. The molecule has 0 aliphatic rings. The van der Waals surface area contributed by atoms with Gasteiger partial charge in [0.25, 0.3) is 0 Å². The van der Waals surface area contributed by atoms with Crippen molar-refractivity contribution in [1.82, 2.24) is 19.5 Å². The van der Waals surface area contributed by atoms with Crippen LogP contribution < -0.4 is 11.3 Å². The first-order chi connectivity index (χ1) is 21.7. The van der Waals surface area contributed by atoms with Gasteiger partial charge < -0.3 is 14.6 Å². The van der Waals surface area contributed by atoms with Crippen LogP contribution >= 0.6 is 0 Å². The van der Waals surface area contributed by atoms with Crippen molar-refractivity contribution in [3.63, 3.8) is 0 Å². The summed E-state index contributed by atoms with van der Waals surface area (Å²) in [5, 5.41) is 3.62. The molecule has 8 aromatic rings. The Morgan fingerprint density at radius 3 is 1.95 bits per heavy atom. The molecule has 0 aliphatic heterocycles. The van der Waals surface area contributed by atoms with Crippen molar-refractivity contribution in [1.29, 1.82) is 0 Å². The van der Waals surface area contributed by atoms with E-state index in [0.29, 0.717) is 0 Å². The molecule has 0 amide bonds. The number of para-hydroxylation sites is 3. The summed E-state index contributed by atoms with van der Waals surface area (Å²) in [5.74, 6) is 5.55. The molecule has 0 bridgehead atoms. The second kappa shape index (κ2) is 11.9. The molecule has 8 rings (SSSR count). The molecule has 0 atom stereocenters. The van der Waals surface area contributed by atoms with Gasteiger partial charge in [0.15, 0.2) is 0 Å². The van der Waals surface area contributed by atoms with Gasteiger partial charge in [0, 0.05) is 28.9 Å². The first kappa shape index (κ1) is 27.2. The minimum absolute atomic E-state index is 0.870. The van der Waals surface area contributed by atoms with Crippen LogP contribution in [0.2, 0.25) is 0 Å². The van der Waals surface area contributed by atoms with Gasteiger partial charge in [-0.25, -0.2) is 4.98 Å². The van der Waals surface area contributed by atoms with Gasteiger partial charge in [-0.2, -0.15) is 0 Å². The maximum Gasteiger partial charge on any atom is 0.141 e. The van der Waals surface area contributed by atoms with Crippen molar-refractivity contribution < 1.29 is 0 Å². The predicted molar refractivity (Wildman–Crippen MR) is 184 cm³/mol. The molecule has 3 aromatic heterocycles. The zero-order valence-electron chi connectivity index (χ0n) is 24.6. The van der Waals surface area contributed by atoms with Crippen molar-refractivity contribution in [3.05, 3.63) is 163 Å². The third-order valence-corrected chi connectivity index (χ3v) is 8.14. The van der Waals surface area contributed by atoms with E-state index < -0.39 is 0 Å². The van der Waals surface area contributed by atoms with Crippen LogP contribution in [-0.4, -0.2) is 14.1 Å². The fourth-order valence-corrected chi connectivity index (χ4v) is 5.99. The van der Waals surface area contributed by atoms with Gasteiger partial charge in [-0.15, -0.1) is 0 Å². The van der Waals surface area contributed by atoms with E-state index in [2.05, 4.69) is 125 Å². The van der Waals surface area contributed by atoms with E-state index in [1.165, 1.54) is 32.8 Å². The van der Waals surface area contributed by atoms with Crippen LogP contribution in [0, 0.1) is 0 Å². The van der Waals surface area contributed by atoms with Crippen molar-refractivity contribution in [2.24, 2.45) is 12.9 Å². The maximum atomic E-state index is 5.55. The molecule has 0 spiro atoms. The number of hydrogen-bond acceptors (Lipinski definition) is 3. The summed E-state index contributed by atoms with van der Waals surface area (Å²) in [7, 11) is 2.10. The third-order valence-electron chi connectivity index (χ3n) is 8.14. The van der Waals surface area contributed by atoms with Gasteiger partial charge in [-0.1, -0.05) is 121 Å². The van der Waals surface area contributed by atoms with Crippen molar-refractivity contribution in [2.75, 3.05) is 0 Å². The number of hydrogen-bond donors (Lipinski definition) is 2. The number of aryl methyl sites for hydroxylation is 1. The Labute approximate surface area is 256 Å². The number of nitrogens with one attached hydrogen (secondary N) is 1. The van der Waals surface area contributed by atoms with Crippen LogP contribution in [0.25, 0.3) is 55.3 Å². The molecule has 0 saturated carbocycles. The summed E-state index contributed by atoms with van der Waals surface area (Å²) in [6.45, 7) is 0. The highest BCUT2D eigenvalue weighted by Gasteiger charge is 2.17. The second-order valence-electron chi connectivity index (χ2n) is 10.8. The molecule has 3 N–H and O–H groups in total. The fourth-order valence-electron chi connectivity index (χ4n) is 5.99.